The molecule has 106 valence electrons. The van der Waals surface area contributed by atoms with Crippen LogP contribution < -0.4 is 11.1 Å². The maximum Gasteiger partial charge on any atom is 0.239 e. The number of carbonyl (C=O) groups excluding carboxylic acids is 1. The van der Waals surface area contributed by atoms with E-state index in [2.05, 4.69) is 5.32 Å². The van der Waals surface area contributed by atoms with Gasteiger partial charge in [-0.1, -0.05) is 17.7 Å². The highest BCUT2D eigenvalue weighted by Crippen LogP contribution is 2.16. The summed E-state index contributed by atoms with van der Waals surface area (Å²) in [5.41, 5.74) is 7.90. The third-order valence-electron chi connectivity index (χ3n) is 2.67. The van der Waals surface area contributed by atoms with Gasteiger partial charge < -0.3 is 11.1 Å². The molecule has 1 aromatic carbocycles. The number of hydrogen-bond acceptors (Lipinski definition) is 4. The van der Waals surface area contributed by atoms with Gasteiger partial charge in [-0.15, -0.1) is 0 Å². The van der Waals surface area contributed by atoms with Crippen molar-refractivity contribution < 1.29 is 13.2 Å². The van der Waals surface area contributed by atoms with E-state index < -0.39 is 21.5 Å². The van der Waals surface area contributed by atoms with Crippen LogP contribution in [0, 0.1) is 13.8 Å². The molecule has 19 heavy (non-hydrogen) atoms. The van der Waals surface area contributed by atoms with Crippen LogP contribution in [-0.4, -0.2) is 32.4 Å². The first-order valence-corrected chi connectivity index (χ1v) is 7.94. The smallest absolute Gasteiger partial charge is 0.239 e. The largest absolute Gasteiger partial charge is 0.330 e. The van der Waals surface area contributed by atoms with Gasteiger partial charge in [-0.3, -0.25) is 4.79 Å². The molecule has 0 aromatic heterocycles. The monoisotopic (exact) mass is 284 g/mol. The van der Waals surface area contributed by atoms with Crippen LogP contribution in [0.15, 0.2) is 18.2 Å². The zero-order chi connectivity index (χ0) is 14.5. The van der Waals surface area contributed by atoms with Crippen molar-refractivity contribution in [2.24, 2.45) is 5.73 Å². The number of carbonyl (C=O) groups is 1. The number of nitrogens with one attached hydrogen (secondary N) is 1. The van der Waals surface area contributed by atoms with Gasteiger partial charge in [0.15, 0.2) is 9.84 Å². The quantitative estimate of drug-likeness (QED) is 0.815. The van der Waals surface area contributed by atoms with Crippen molar-refractivity contribution in [1.82, 2.24) is 0 Å². The molecule has 1 aromatic rings. The number of benzene rings is 1. The van der Waals surface area contributed by atoms with Crippen LogP contribution in [0.3, 0.4) is 0 Å². The molecule has 0 unspecified atom stereocenters. The molecule has 0 bridgehead atoms. The Hall–Kier alpha value is -1.40. The van der Waals surface area contributed by atoms with Gasteiger partial charge in [0.05, 0.1) is 5.75 Å². The van der Waals surface area contributed by atoms with Crippen molar-refractivity contribution in [3.8, 4) is 0 Å². The summed E-state index contributed by atoms with van der Waals surface area (Å²) >= 11 is 0. The standard InChI is InChI=1S/C13H20N2O3S/c1-10-4-5-12(11(2)8-10)15-13(16)9-19(17,18)7-3-6-14/h4-5,8H,3,6-7,9,14H2,1-2H3,(H,15,16). The molecule has 0 atom stereocenters. The van der Waals surface area contributed by atoms with Crippen LogP contribution in [0.5, 0.6) is 0 Å². The van der Waals surface area contributed by atoms with E-state index >= 15 is 0 Å². The number of aryl methyl sites for hydroxylation is 2. The van der Waals surface area contributed by atoms with E-state index in [9.17, 15) is 13.2 Å². The van der Waals surface area contributed by atoms with Crippen LogP contribution in [-0.2, 0) is 14.6 Å². The normalized spacial score (nSPS) is 11.3. The fourth-order valence-corrected chi connectivity index (χ4v) is 2.94. The molecule has 0 saturated carbocycles. The predicted molar refractivity (Wildman–Crippen MR) is 76.9 cm³/mol. The van der Waals surface area contributed by atoms with Gasteiger partial charge in [-0.25, -0.2) is 8.42 Å². The van der Waals surface area contributed by atoms with Crippen LogP contribution >= 0.6 is 0 Å². The third-order valence-corrected chi connectivity index (χ3v) is 4.28. The molecular formula is C13H20N2O3S. The molecule has 0 aliphatic carbocycles. The van der Waals surface area contributed by atoms with Gasteiger partial charge in [0.2, 0.25) is 5.91 Å². The summed E-state index contributed by atoms with van der Waals surface area (Å²) in [6, 6.07) is 5.57. The lowest BCUT2D eigenvalue weighted by Gasteiger charge is -2.09. The summed E-state index contributed by atoms with van der Waals surface area (Å²) in [6.07, 6.45) is 0.374. The Labute approximate surface area is 114 Å². The Bertz CT molecular complexity index is 553. The van der Waals surface area contributed by atoms with Crippen molar-refractivity contribution in [1.29, 1.82) is 0 Å². The predicted octanol–water partition coefficient (Wildman–Crippen LogP) is 1.01. The first-order valence-electron chi connectivity index (χ1n) is 6.11. The zero-order valence-electron chi connectivity index (χ0n) is 11.3. The Morgan fingerprint density at radius 1 is 1.32 bits per heavy atom. The van der Waals surface area contributed by atoms with E-state index in [0.29, 0.717) is 18.7 Å². The van der Waals surface area contributed by atoms with Crippen molar-refractivity contribution in [3.05, 3.63) is 29.3 Å². The highest BCUT2D eigenvalue weighted by atomic mass is 32.2. The highest BCUT2D eigenvalue weighted by Gasteiger charge is 2.16. The van der Waals surface area contributed by atoms with E-state index in [4.69, 9.17) is 5.73 Å². The van der Waals surface area contributed by atoms with Crippen molar-refractivity contribution in [3.63, 3.8) is 0 Å². The van der Waals surface area contributed by atoms with Gasteiger partial charge in [-0.2, -0.15) is 0 Å². The van der Waals surface area contributed by atoms with Crippen LogP contribution in [0.25, 0.3) is 0 Å². The minimum atomic E-state index is -3.38. The van der Waals surface area contributed by atoms with Crippen LogP contribution in [0.1, 0.15) is 17.5 Å². The topological polar surface area (TPSA) is 89.3 Å². The summed E-state index contributed by atoms with van der Waals surface area (Å²) in [4.78, 5) is 11.7. The van der Waals surface area contributed by atoms with Crippen LogP contribution in [0.2, 0.25) is 0 Å². The van der Waals surface area contributed by atoms with E-state index in [1.165, 1.54) is 0 Å². The first kappa shape index (κ1) is 15.7. The summed E-state index contributed by atoms with van der Waals surface area (Å²) in [7, 11) is -3.38. The fourth-order valence-electron chi connectivity index (χ4n) is 1.72. The molecule has 1 rings (SSSR count). The number of anilines is 1. The molecule has 0 saturated heterocycles. The maximum absolute atomic E-state index is 11.7. The van der Waals surface area contributed by atoms with E-state index in [1.54, 1.807) is 6.07 Å². The molecule has 0 aliphatic rings. The lowest BCUT2D eigenvalue weighted by Crippen LogP contribution is -2.25. The summed E-state index contributed by atoms with van der Waals surface area (Å²) in [6.45, 7) is 4.12. The number of hydrogen-bond donors (Lipinski definition) is 2. The van der Waals surface area contributed by atoms with Gasteiger partial charge in [0.1, 0.15) is 5.75 Å². The lowest BCUT2D eigenvalue weighted by molar-refractivity contribution is -0.113. The third kappa shape index (κ3) is 5.40. The Morgan fingerprint density at radius 2 is 2.00 bits per heavy atom. The Kier molecular flexibility index (Phi) is 5.50. The summed E-state index contributed by atoms with van der Waals surface area (Å²) in [5.74, 6) is -1.06. The van der Waals surface area contributed by atoms with E-state index in [0.717, 1.165) is 11.1 Å². The number of rotatable bonds is 6. The van der Waals surface area contributed by atoms with Gasteiger partial charge in [0.25, 0.3) is 0 Å². The second-order valence-electron chi connectivity index (χ2n) is 4.60. The minimum absolute atomic E-state index is 0.0518. The molecule has 0 radical (unpaired) electrons. The molecule has 0 spiro atoms. The lowest BCUT2D eigenvalue weighted by atomic mass is 10.1. The van der Waals surface area contributed by atoms with Crippen LogP contribution in [0.4, 0.5) is 5.69 Å². The molecule has 0 fully saturated rings. The van der Waals surface area contributed by atoms with Crippen molar-refractivity contribution >= 4 is 21.4 Å². The molecule has 6 heteroatoms. The number of sulfone groups is 1. The Balaban J connectivity index is 2.65. The fraction of sp³-hybridized carbons (Fsp3) is 0.462. The molecule has 0 heterocycles. The molecule has 1 amide bonds. The SMILES string of the molecule is Cc1ccc(NC(=O)CS(=O)(=O)CCCN)c(C)c1. The van der Waals surface area contributed by atoms with Gasteiger partial charge >= 0.3 is 0 Å². The molecule has 3 N–H and O–H groups in total. The first-order chi connectivity index (χ1) is 8.84. The van der Waals surface area contributed by atoms with Crippen molar-refractivity contribution in [2.45, 2.75) is 20.3 Å². The summed E-state index contributed by atoms with van der Waals surface area (Å²) in [5, 5.41) is 2.62. The average Bonchev–Trinajstić information content (AvgIpc) is 2.29. The number of amides is 1. The molecule has 0 aliphatic heterocycles. The zero-order valence-corrected chi connectivity index (χ0v) is 12.1. The van der Waals surface area contributed by atoms with Gasteiger partial charge in [-0.05, 0) is 38.4 Å². The summed E-state index contributed by atoms with van der Waals surface area (Å²) < 4.78 is 23.2. The van der Waals surface area contributed by atoms with E-state index in [1.807, 2.05) is 26.0 Å². The minimum Gasteiger partial charge on any atom is -0.330 e. The second-order valence-corrected chi connectivity index (χ2v) is 6.78. The Morgan fingerprint density at radius 3 is 2.58 bits per heavy atom. The maximum atomic E-state index is 11.7. The highest BCUT2D eigenvalue weighted by molar-refractivity contribution is 7.92. The molecule has 5 nitrogen and oxygen atoms in total. The molecular weight excluding hydrogens is 264 g/mol. The second kappa shape index (κ2) is 6.68. The average molecular weight is 284 g/mol. The van der Waals surface area contributed by atoms with E-state index in [-0.39, 0.29) is 5.75 Å². The number of nitrogens with two attached hydrogens (primary N) is 1. The van der Waals surface area contributed by atoms with Crippen molar-refractivity contribution in [2.75, 3.05) is 23.4 Å². The van der Waals surface area contributed by atoms with Gasteiger partial charge in [0, 0.05) is 5.69 Å².